The summed E-state index contributed by atoms with van der Waals surface area (Å²) in [5.41, 5.74) is 0.237. The van der Waals surface area contributed by atoms with Crippen LogP contribution in [0.2, 0.25) is 0 Å². The summed E-state index contributed by atoms with van der Waals surface area (Å²) in [4.78, 5) is 22.9. The number of rotatable bonds is 3. The molecule has 1 aromatic carbocycles. The topological polar surface area (TPSA) is 75.6 Å². The predicted octanol–water partition coefficient (Wildman–Crippen LogP) is 1.03. The summed E-state index contributed by atoms with van der Waals surface area (Å²) in [6.45, 7) is 1.80. The number of nitrogens with one attached hydrogen (secondary N) is 1. The van der Waals surface area contributed by atoms with E-state index >= 15 is 0 Å². The Hall–Kier alpha value is -1.88. The largest absolute Gasteiger partial charge is 0.480 e. The van der Waals surface area contributed by atoms with Crippen LogP contribution >= 0.6 is 0 Å². The van der Waals surface area contributed by atoms with Crippen molar-refractivity contribution in [2.24, 2.45) is 5.41 Å². The molecule has 0 unspecified atom stereocenters. The number of aliphatic carboxylic acids is 1. The standard InChI is InChI=1S/C12H13NO4/c1-8-2-4-9(5-3-8)13-10(14)12(11(15)16)6-17-7-12/h2-5H,6-7H2,1H3,(H,13,14)(H,15,16). The van der Waals surface area contributed by atoms with E-state index in [-0.39, 0.29) is 13.2 Å². The van der Waals surface area contributed by atoms with E-state index in [1.165, 1.54) is 0 Å². The maximum atomic E-state index is 11.9. The minimum absolute atomic E-state index is 0.0694. The lowest BCUT2D eigenvalue weighted by Crippen LogP contribution is -2.57. The monoisotopic (exact) mass is 235 g/mol. The molecule has 1 aliphatic rings. The Morgan fingerprint density at radius 3 is 2.29 bits per heavy atom. The predicted molar refractivity (Wildman–Crippen MR) is 60.7 cm³/mol. The van der Waals surface area contributed by atoms with Gasteiger partial charge in [-0.1, -0.05) is 17.7 Å². The van der Waals surface area contributed by atoms with Crippen LogP contribution in [0.15, 0.2) is 24.3 Å². The lowest BCUT2D eigenvalue weighted by Gasteiger charge is -2.35. The Kier molecular flexibility index (Phi) is 2.85. The third-order valence-electron chi connectivity index (χ3n) is 2.85. The zero-order valence-electron chi connectivity index (χ0n) is 9.40. The van der Waals surface area contributed by atoms with E-state index in [4.69, 9.17) is 9.84 Å². The van der Waals surface area contributed by atoms with Gasteiger partial charge in [0.2, 0.25) is 5.91 Å². The first-order chi connectivity index (χ1) is 8.04. The molecule has 90 valence electrons. The van der Waals surface area contributed by atoms with Crippen LogP contribution in [-0.2, 0) is 14.3 Å². The van der Waals surface area contributed by atoms with E-state index in [2.05, 4.69) is 5.32 Å². The quantitative estimate of drug-likeness (QED) is 0.767. The first-order valence-electron chi connectivity index (χ1n) is 5.24. The highest BCUT2D eigenvalue weighted by Crippen LogP contribution is 2.29. The summed E-state index contributed by atoms with van der Waals surface area (Å²) in [6, 6.07) is 7.17. The van der Waals surface area contributed by atoms with Gasteiger partial charge in [0.05, 0.1) is 13.2 Å². The number of aryl methyl sites for hydroxylation is 1. The van der Waals surface area contributed by atoms with E-state index in [0.717, 1.165) is 5.56 Å². The maximum absolute atomic E-state index is 11.9. The van der Waals surface area contributed by atoms with Crippen LogP contribution in [0.3, 0.4) is 0 Å². The van der Waals surface area contributed by atoms with Crippen molar-refractivity contribution in [2.75, 3.05) is 18.5 Å². The van der Waals surface area contributed by atoms with Crippen LogP contribution < -0.4 is 5.32 Å². The molecule has 2 N–H and O–H groups in total. The molecule has 1 heterocycles. The maximum Gasteiger partial charge on any atom is 0.324 e. The van der Waals surface area contributed by atoms with Crippen molar-refractivity contribution in [3.05, 3.63) is 29.8 Å². The second kappa shape index (κ2) is 4.18. The fraction of sp³-hybridized carbons (Fsp3) is 0.333. The smallest absolute Gasteiger partial charge is 0.324 e. The fourth-order valence-corrected chi connectivity index (χ4v) is 1.55. The zero-order chi connectivity index (χ0) is 12.5. The van der Waals surface area contributed by atoms with Crippen molar-refractivity contribution in [3.63, 3.8) is 0 Å². The average molecular weight is 235 g/mol. The molecule has 0 aliphatic carbocycles. The average Bonchev–Trinajstić information content (AvgIpc) is 2.19. The van der Waals surface area contributed by atoms with Gasteiger partial charge in [0.15, 0.2) is 5.41 Å². The first kappa shape index (κ1) is 11.6. The molecule has 0 bridgehead atoms. The van der Waals surface area contributed by atoms with E-state index in [1.54, 1.807) is 12.1 Å². The lowest BCUT2D eigenvalue weighted by atomic mass is 9.85. The molecule has 5 nitrogen and oxygen atoms in total. The Balaban J connectivity index is 2.11. The van der Waals surface area contributed by atoms with Crippen LogP contribution in [0.4, 0.5) is 5.69 Å². The molecule has 0 aromatic heterocycles. The number of benzene rings is 1. The molecule has 1 aromatic rings. The molecule has 1 amide bonds. The van der Waals surface area contributed by atoms with Crippen LogP contribution in [0.1, 0.15) is 5.56 Å². The van der Waals surface area contributed by atoms with Gasteiger partial charge in [-0.3, -0.25) is 9.59 Å². The molecule has 1 fully saturated rings. The Morgan fingerprint density at radius 2 is 1.88 bits per heavy atom. The normalized spacial score (nSPS) is 17.0. The lowest BCUT2D eigenvalue weighted by molar-refractivity contribution is -0.182. The Labute approximate surface area is 98.4 Å². The van der Waals surface area contributed by atoms with Crippen LogP contribution in [0, 0.1) is 12.3 Å². The SMILES string of the molecule is Cc1ccc(NC(=O)C2(C(=O)O)COC2)cc1. The van der Waals surface area contributed by atoms with Gasteiger partial charge >= 0.3 is 5.97 Å². The Bertz CT molecular complexity index is 448. The highest BCUT2D eigenvalue weighted by atomic mass is 16.5. The number of carboxylic acids is 1. The van der Waals surface area contributed by atoms with Crippen LogP contribution in [0.5, 0.6) is 0 Å². The van der Waals surface area contributed by atoms with Crippen LogP contribution in [-0.4, -0.2) is 30.2 Å². The molecule has 0 atom stereocenters. The molecule has 5 heteroatoms. The van der Waals surface area contributed by atoms with Crippen molar-refractivity contribution < 1.29 is 19.4 Å². The van der Waals surface area contributed by atoms with Crippen molar-refractivity contribution >= 4 is 17.6 Å². The highest BCUT2D eigenvalue weighted by Gasteiger charge is 2.53. The number of carboxylic acid groups (broad SMARTS) is 1. The summed E-state index contributed by atoms with van der Waals surface area (Å²) >= 11 is 0. The van der Waals surface area contributed by atoms with Crippen molar-refractivity contribution in [1.29, 1.82) is 0 Å². The van der Waals surface area contributed by atoms with Crippen molar-refractivity contribution in [3.8, 4) is 0 Å². The van der Waals surface area contributed by atoms with E-state index in [0.29, 0.717) is 5.69 Å². The number of anilines is 1. The number of amides is 1. The Morgan fingerprint density at radius 1 is 1.29 bits per heavy atom. The molecule has 0 spiro atoms. The van der Waals surface area contributed by atoms with Gasteiger partial charge in [0, 0.05) is 5.69 Å². The second-order valence-electron chi connectivity index (χ2n) is 4.20. The van der Waals surface area contributed by atoms with Gasteiger partial charge in [-0.05, 0) is 19.1 Å². The number of hydrogen-bond donors (Lipinski definition) is 2. The summed E-state index contributed by atoms with van der Waals surface area (Å²) in [6.07, 6.45) is 0. The molecule has 1 aliphatic heterocycles. The summed E-state index contributed by atoms with van der Waals surface area (Å²) in [5, 5.41) is 11.6. The third-order valence-corrected chi connectivity index (χ3v) is 2.85. The minimum Gasteiger partial charge on any atom is -0.480 e. The molecule has 2 rings (SSSR count). The number of ether oxygens (including phenoxy) is 1. The first-order valence-corrected chi connectivity index (χ1v) is 5.24. The number of carbonyl (C=O) groups excluding carboxylic acids is 1. The fourth-order valence-electron chi connectivity index (χ4n) is 1.55. The molecular formula is C12H13NO4. The summed E-state index contributed by atoms with van der Waals surface area (Å²) in [7, 11) is 0. The molecule has 0 radical (unpaired) electrons. The van der Waals surface area contributed by atoms with Gasteiger partial charge in [0.1, 0.15) is 0 Å². The van der Waals surface area contributed by atoms with Crippen molar-refractivity contribution in [1.82, 2.24) is 0 Å². The second-order valence-corrected chi connectivity index (χ2v) is 4.20. The summed E-state index contributed by atoms with van der Waals surface area (Å²) in [5.74, 6) is -1.67. The number of hydrogen-bond acceptors (Lipinski definition) is 3. The van der Waals surface area contributed by atoms with E-state index in [9.17, 15) is 9.59 Å². The molecule has 17 heavy (non-hydrogen) atoms. The molecular weight excluding hydrogens is 222 g/mol. The highest BCUT2D eigenvalue weighted by molar-refractivity contribution is 6.09. The summed E-state index contributed by atoms with van der Waals surface area (Å²) < 4.78 is 4.84. The third kappa shape index (κ3) is 2.01. The van der Waals surface area contributed by atoms with Gasteiger partial charge < -0.3 is 15.2 Å². The van der Waals surface area contributed by atoms with Crippen LogP contribution in [0.25, 0.3) is 0 Å². The van der Waals surface area contributed by atoms with Gasteiger partial charge in [-0.15, -0.1) is 0 Å². The van der Waals surface area contributed by atoms with Gasteiger partial charge in [-0.2, -0.15) is 0 Å². The zero-order valence-corrected chi connectivity index (χ0v) is 9.40. The van der Waals surface area contributed by atoms with E-state index < -0.39 is 17.3 Å². The molecule has 0 saturated carbocycles. The van der Waals surface area contributed by atoms with E-state index in [1.807, 2.05) is 19.1 Å². The molecule has 1 saturated heterocycles. The van der Waals surface area contributed by atoms with Gasteiger partial charge in [-0.25, -0.2) is 0 Å². The van der Waals surface area contributed by atoms with Gasteiger partial charge in [0.25, 0.3) is 0 Å². The van der Waals surface area contributed by atoms with Crippen molar-refractivity contribution in [2.45, 2.75) is 6.92 Å². The number of carbonyl (C=O) groups is 2. The minimum atomic E-state index is -1.43.